The van der Waals surface area contributed by atoms with Gasteiger partial charge in [0.05, 0.1) is 6.10 Å². The maximum atomic E-state index is 11.7. The highest BCUT2D eigenvalue weighted by atomic mass is 16.6. The van der Waals surface area contributed by atoms with Crippen LogP contribution in [0.25, 0.3) is 0 Å². The maximum Gasteiger partial charge on any atom is 0.334 e. The summed E-state index contributed by atoms with van der Waals surface area (Å²) < 4.78 is 5.27. The first-order valence-corrected chi connectivity index (χ1v) is 6.64. The molecule has 3 atom stereocenters. The van der Waals surface area contributed by atoms with Gasteiger partial charge in [-0.05, 0) is 25.8 Å². The second-order valence-corrected chi connectivity index (χ2v) is 5.42. The minimum Gasteiger partial charge on any atom is -0.454 e. The molecule has 0 aromatic rings. The molecule has 2 aliphatic rings. The fourth-order valence-corrected chi connectivity index (χ4v) is 2.82. The van der Waals surface area contributed by atoms with Crippen LogP contribution in [0.15, 0.2) is 23.3 Å². The van der Waals surface area contributed by atoms with Crippen molar-refractivity contribution >= 4 is 17.5 Å². The summed E-state index contributed by atoms with van der Waals surface area (Å²) in [6, 6.07) is 0. The predicted molar refractivity (Wildman–Crippen MR) is 70.8 cm³/mol. The minimum absolute atomic E-state index is 0.0182. The molecule has 0 amide bonds. The summed E-state index contributed by atoms with van der Waals surface area (Å²) in [7, 11) is 0. The van der Waals surface area contributed by atoms with Crippen molar-refractivity contribution in [1.29, 1.82) is 0 Å². The van der Waals surface area contributed by atoms with Crippen molar-refractivity contribution in [2.75, 3.05) is 0 Å². The van der Waals surface area contributed by atoms with Crippen molar-refractivity contribution in [2.45, 2.75) is 45.3 Å². The van der Waals surface area contributed by atoms with Gasteiger partial charge in [-0.15, -0.1) is 0 Å². The number of carbonyl (C=O) groups excluding carboxylic acids is 3. The second-order valence-electron chi connectivity index (χ2n) is 5.42. The number of ketones is 2. The molecule has 0 radical (unpaired) electrons. The number of ether oxygens (including phenoxy) is 1. The smallest absolute Gasteiger partial charge is 0.334 e. The van der Waals surface area contributed by atoms with Crippen LogP contribution in [-0.2, 0) is 19.1 Å². The molecule has 1 fully saturated rings. The topological polar surface area (TPSA) is 80.7 Å². The van der Waals surface area contributed by atoms with Crippen LogP contribution in [0.2, 0.25) is 0 Å². The number of hydrogen-bond acceptors (Lipinski definition) is 5. The maximum absolute atomic E-state index is 11.7. The predicted octanol–water partition coefficient (Wildman–Crippen LogP) is 1.10. The number of aliphatic hydroxyl groups is 1. The highest BCUT2D eigenvalue weighted by molar-refractivity contribution is 6.00. The van der Waals surface area contributed by atoms with Gasteiger partial charge in [0.2, 0.25) is 0 Å². The molecule has 0 spiro atoms. The van der Waals surface area contributed by atoms with Crippen LogP contribution in [0.1, 0.15) is 33.1 Å². The monoisotopic (exact) mass is 278 g/mol. The number of rotatable bonds is 4. The van der Waals surface area contributed by atoms with Crippen molar-refractivity contribution in [3.63, 3.8) is 0 Å². The van der Waals surface area contributed by atoms with E-state index in [9.17, 15) is 19.5 Å². The van der Waals surface area contributed by atoms with Gasteiger partial charge in [0.15, 0.2) is 5.78 Å². The largest absolute Gasteiger partial charge is 0.454 e. The molecule has 1 aliphatic heterocycles. The van der Waals surface area contributed by atoms with Crippen LogP contribution < -0.4 is 0 Å². The molecular weight excluding hydrogens is 260 g/mol. The van der Waals surface area contributed by atoms with Gasteiger partial charge in [0, 0.05) is 29.9 Å². The van der Waals surface area contributed by atoms with E-state index in [1.54, 1.807) is 6.92 Å². The number of allylic oxidation sites excluding steroid dienone is 1. The summed E-state index contributed by atoms with van der Waals surface area (Å²) in [6.45, 7) is 6.82. The normalized spacial score (nSPS) is 30.1. The molecule has 0 aromatic heterocycles. The van der Waals surface area contributed by atoms with Crippen molar-refractivity contribution in [2.24, 2.45) is 5.92 Å². The fourth-order valence-electron chi connectivity index (χ4n) is 2.82. The molecule has 1 N–H and O–H groups in total. The summed E-state index contributed by atoms with van der Waals surface area (Å²) in [5, 5.41) is 9.99. The Hall–Kier alpha value is -1.75. The zero-order valence-corrected chi connectivity index (χ0v) is 11.6. The molecule has 20 heavy (non-hydrogen) atoms. The van der Waals surface area contributed by atoms with Gasteiger partial charge in [-0.25, -0.2) is 4.79 Å². The lowest BCUT2D eigenvalue weighted by Gasteiger charge is -2.21. The summed E-state index contributed by atoms with van der Waals surface area (Å²) in [6.07, 6.45) is -0.807. The molecule has 108 valence electrons. The number of aliphatic hydroxyl groups excluding tert-OH is 1. The molecule has 1 saturated heterocycles. The van der Waals surface area contributed by atoms with Gasteiger partial charge < -0.3 is 14.6 Å². The van der Waals surface area contributed by atoms with Gasteiger partial charge in [-0.1, -0.05) is 6.58 Å². The van der Waals surface area contributed by atoms with E-state index in [4.69, 9.17) is 4.74 Å². The second kappa shape index (κ2) is 5.32. The van der Waals surface area contributed by atoms with E-state index in [0.29, 0.717) is 29.6 Å². The first-order chi connectivity index (χ1) is 9.32. The Morgan fingerprint density at radius 2 is 2.10 bits per heavy atom. The summed E-state index contributed by atoms with van der Waals surface area (Å²) in [4.78, 5) is 34.5. The van der Waals surface area contributed by atoms with Gasteiger partial charge >= 0.3 is 5.97 Å². The molecule has 0 saturated carbocycles. The number of carbonyl (C=O) groups is 3. The van der Waals surface area contributed by atoms with E-state index in [1.807, 2.05) is 0 Å². The Morgan fingerprint density at radius 3 is 2.60 bits per heavy atom. The van der Waals surface area contributed by atoms with Crippen LogP contribution in [-0.4, -0.2) is 34.9 Å². The fraction of sp³-hybridized carbons (Fsp3) is 0.533. The molecule has 0 aromatic carbocycles. The Labute approximate surface area is 117 Å². The Morgan fingerprint density at radius 1 is 1.45 bits per heavy atom. The molecule has 5 heteroatoms. The zero-order chi connectivity index (χ0) is 15.0. The van der Waals surface area contributed by atoms with Crippen molar-refractivity contribution in [1.82, 2.24) is 0 Å². The summed E-state index contributed by atoms with van der Waals surface area (Å²) in [5.41, 5.74) is 1.23. The average Bonchev–Trinajstić information content (AvgIpc) is 2.76. The highest BCUT2D eigenvalue weighted by Crippen LogP contribution is 2.39. The first-order valence-electron chi connectivity index (χ1n) is 6.64. The van der Waals surface area contributed by atoms with Gasteiger partial charge in [-0.2, -0.15) is 0 Å². The third-order valence-corrected chi connectivity index (χ3v) is 4.01. The molecule has 5 nitrogen and oxygen atoms in total. The van der Waals surface area contributed by atoms with Crippen LogP contribution in [0, 0.1) is 5.92 Å². The van der Waals surface area contributed by atoms with Crippen molar-refractivity contribution in [3.8, 4) is 0 Å². The van der Waals surface area contributed by atoms with E-state index >= 15 is 0 Å². The summed E-state index contributed by atoms with van der Waals surface area (Å²) in [5.74, 6) is -0.983. The zero-order valence-electron chi connectivity index (χ0n) is 11.6. The minimum atomic E-state index is -0.911. The highest BCUT2D eigenvalue weighted by Gasteiger charge is 2.45. The molecule has 2 rings (SSSR count). The van der Waals surface area contributed by atoms with Gasteiger partial charge in [0.1, 0.15) is 11.9 Å². The molecule has 1 heterocycles. The van der Waals surface area contributed by atoms with Gasteiger partial charge in [0.25, 0.3) is 0 Å². The van der Waals surface area contributed by atoms with Crippen LogP contribution in [0.3, 0.4) is 0 Å². The van der Waals surface area contributed by atoms with Crippen LogP contribution in [0.5, 0.6) is 0 Å². The third kappa shape index (κ3) is 2.45. The molecule has 1 aliphatic carbocycles. The molecule has 1 unspecified atom stereocenters. The third-order valence-electron chi connectivity index (χ3n) is 4.01. The van der Waals surface area contributed by atoms with Crippen molar-refractivity contribution in [3.05, 3.63) is 23.3 Å². The standard InChI is InChI=1S/C15H18O5/c1-7(16)4-5-10-8(2)15(19)20-14(10)13-9(3)11(17)6-12(13)18/h10,12,14,18H,2,4-6H2,1,3H3/t10-,12?,14+/m1/s1. The Kier molecular flexibility index (Phi) is 3.90. The number of cyclic esters (lactones) is 1. The lowest BCUT2D eigenvalue weighted by atomic mass is 9.86. The van der Waals surface area contributed by atoms with E-state index < -0.39 is 18.2 Å². The number of hydrogen-bond donors (Lipinski definition) is 1. The molecular formula is C15H18O5. The first kappa shape index (κ1) is 14.7. The van der Waals surface area contributed by atoms with Crippen LogP contribution in [0.4, 0.5) is 0 Å². The van der Waals surface area contributed by atoms with Crippen molar-refractivity contribution < 1.29 is 24.2 Å². The van der Waals surface area contributed by atoms with E-state index in [2.05, 4.69) is 6.58 Å². The van der Waals surface area contributed by atoms with Gasteiger partial charge in [-0.3, -0.25) is 4.79 Å². The van der Waals surface area contributed by atoms with E-state index in [1.165, 1.54) is 6.92 Å². The van der Waals surface area contributed by atoms with E-state index in [-0.39, 0.29) is 23.9 Å². The van der Waals surface area contributed by atoms with Crippen LogP contribution >= 0.6 is 0 Å². The number of esters is 1. The lowest BCUT2D eigenvalue weighted by molar-refractivity contribution is -0.138. The Bertz CT molecular complexity index is 528. The summed E-state index contributed by atoms with van der Waals surface area (Å²) >= 11 is 0. The SMILES string of the molecule is C=C1C(=O)O[C@H](C2=C(C)C(=O)CC2O)[C@@H]1CCC(C)=O. The Balaban J connectivity index is 2.29. The lowest BCUT2D eigenvalue weighted by Crippen LogP contribution is -2.26. The number of Topliss-reactive ketones (excluding diaryl/α,β-unsaturated/α-hetero) is 2. The molecule has 0 bridgehead atoms. The van der Waals surface area contributed by atoms with E-state index in [0.717, 1.165) is 0 Å². The quantitative estimate of drug-likeness (QED) is 0.615. The average molecular weight is 278 g/mol.